The van der Waals surface area contributed by atoms with Crippen molar-refractivity contribution in [2.45, 2.75) is 6.42 Å². The van der Waals surface area contributed by atoms with Crippen molar-refractivity contribution < 1.29 is 23.0 Å². The van der Waals surface area contributed by atoms with Crippen molar-refractivity contribution in [2.75, 3.05) is 19.8 Å². The number of nitrogens with one attached hydrogen (secondary N) is 1. The molecule has 4 nitrogen and oxygen atoms in total. The lowest BCUT2D eigenvalue weighted by Gasteiger charge is -2.20. The van der Waals surface area contributed by atoms with E-state index in [1.165, 1.54) is 0 Å². The van der Waals surface area contributed by atoms with Crippen LogP contribution in [0.3, 0.4) is 0 Å². The largest absolute Gasteiger partial charge is 0.486 e. The van der Waals surface area contributed by atoms with E-state index in [0.29, 0.717) is 42.2 Å². The Kier molecular flexibility index (Phi) is 4.85. The molecule has 1 aliphatic rings. The van der Waals surface area contributed by atoms with Gasteiger partial charge in [0.25, 0.3) is 5.91 Å². The van der Waals surface area contributed by atoms with Crippen molar-refractivity contribution in [2.24, 2.45) is 0 Å². The summed E-state index contributed by atoms with van der Waals surface area (Å²) >= 11 is 6.14. The molecule has 0 saturated heterocycles. The van der Waals surface area contributed by atoms with Crippen LogP contribution in [-0.2, 0) is 6.42 Å². The Labute approximate surface area is 142 Å². The second-order valence-corrected chi connectivity index (χ2v) is 5.64. The Morgan fingerprint density at radius 2 is 1.96 bits per heavy atom. The fourth-order valence-electron chi connectivity index (χ4n) is 2.40. The molecule has 2 aromatic rings. The van der Waals surface area contributed by atoms with Gasteiger partial charge in [0.1, 0.15) is 24.8 Å². The third-order valence-electron chi connectivity index (χ3n) is 3.53. The number of ether oxygens (including phenoxy) is 2. The molecule has 0 radical (unpaired) electrons. The number of amides is 1. The normalized spacial score (nSPS) is 12.8. The third kappa shape index (κ3) is 3.59. The first kappa shape index (κ1) is 16.5. The molecule has 0 atom stereocenters. The molecule has 1 aliphatic heterocycles. The summed E-state index contributed by atoms with van der Waals surface area (Å²) in [5.74, 6) is -1.13. The van der Waals surface area contributed by atoms with Crippen LogP contribution in [0.2, 0.25) is 5.02 Å². The van der Waals surface area contributed by atoms with Gasteiger partial charge in [-0.25, -0.2) is 8.78 Å². The van der Waals surface area contributed by atoms with Crippen LogP contribution in [0.25, 0.3) is 0 Å². The van der Waals surface area contributed by atoms with E-state index in [1.807, 2.05) is 0 Å². The van der Waals surface area contributed by atoms with Crippen molar-refractivity contribution >= 4 is 17.5 Å². The van der Waals surface area contributed by atoms with Gasteiger partial charge in [-0.1, -0.05) is 11.6 Å². The molecule has 3 rings (SSSR count). The first-order chi connectivity index (χ1) is 11.5. The second kappa shape index (κ2) is 7.05. The Morgan fingerprint density at radius 3 is 2.75 bits per heavy atom. The van der Waals surface area contributed by atoms with Gasteiger partial charge in [0.15, 0.2) is 11.5 Å². The third-order valence-corrected chi connectivity index (χ3v) is 3.81. The first-order valence-electron chi connectivity index (χ1n) is 7.36. The van der Waals surface area contributed by atoms with E-state index in [2.05, 4.69) is 5.32 Å². The smallest absolute Gasteiger partial charge is 0.254 e. The zero-order valence-electron chi connectivity index (χ0n) is 12.6. The van der Waals surface area contributed by atoms with Crippen molar-refractivity contribution in [3.63, 3.8) is 0 Å². The van der Waals surface area contributed by atoms with Gasteiger partial charge in [0.2, 0.25) is 0 Å². The molecular formula is C17H14ClF2NO3. The monoisotopic (exact) mass is 353 g/mol. The van der Waals surface area contributed by atoms with Gasteiger partial charge < -0.3 is 14.8 Å². The summed E-state index contributed by atoms with van der Waals surface area (Å²) in [5.41, 5.74) is 0.653. The maximum Gasteiger partial charge on any atom is 0.254 e. The van der Waals surface area contributed by atoms with Gasteiger partial charge in [0, 0.05) is 12.6 Å². The van der Waals surface area contributed by atoms with Gasteiger partial charge in [-0.2, -0.15) is 0 Å². The van der Waals surface area contributed by atoms with Crippen LogP contribution in [0.4, 0.5) is 8.78 Å². The highest BCUT2D eigenvalue weighted by molar-refractivity contribution is 6.32. The second-order valence-electron chi connectivity index (χ2n) is 5.23. The number of carbonyl (C=O) groups excluding carboxylic acids is 1. The fourth-order valence-corrected chi connectivity index (χ4v) is 2.69. The Morgan fingerprint density at radius 1 is 1.17 bits per heavy atom. The first-order valence-corrected chi connectivity index (χ1v) is 7.73. The van der Waals surface area contributed by atoms with E-state index in [9.17, 15) is 13.6 Å². The summed E-state index contributed by atoms with van der Waals surface area (Å²) < 4.78 is 37.3. The van der Waals surface area contributed by atoms with Crippen molar-refractivity contribution in [1.82, 2.24) is 5.32 Å². The van der Waals surface area contributed by atoms with Crippen molar-refractivity contribution in [3.8, 4) is 11.5 Å². The van der Waals surface area contributed by atoms with Crippen molar-refractivity contribution in [3.05, 3.63) is 58.1 Å². The molecule has 1 amide bonds. The van der Waals surface area contributed by atoms with E-state index in [4.69, 9.17) is 21.1 Å². The van der Waals surface area contributed by atoms with Crippen LogP contribution in [0.5, 0.6) is 11.5 Å². The van der Waals surface area contributed by atoms with Crippen LogP contribution in [-0.4, -0.2) is 25.7 Å². The molecule has 0 bridgehead atoms. The van der Waals surface area contributed by atoms with Gasteiger partial charge >= 0.3 is 0 Å². The summed E-state index contributed by atoms with van der Waals surface area (Å²) in [6.45, 7) is 1.17. The number of hydrogen-bond acceptors (Lipinski definition) is 3. The molecule has 0 saturated carbocycles. The van der Waals surface area contributed by atoms with Crippen molar-refractivity contribution in [1.29, 1.82) is 0 Å². The van der Waals surface area contributed by atoms with E-state index in [-0.39, 0.29) is 12.1 Å². The van der Waals surface area contributed by atoms with Gasteiger partial charge in [-0.15, -0.1) is 0 Å². The summed E-state index contributed by atoms with van der Waals surface area (Å²) in [6.07, 6.45) is 0.477. The van der Waals surface area contributed by atoms with Crippen LogP contribution in [0.1, 0.15) is 15.9 Å². The molecule has 1 N–H and O–H groups in total. The van der Waals surface area contributed by atoms with E-state index in [0.717, 1.165) is 17.7 Å². The van der Waals surface area contributed by atoms with Crippen LogP contribution in [0, 0.1) is 11.6 Å². The van der Waals surface area contributed by atoms with Crippen LogP contribution < -0.4 is 14.8 Å². The summed E-state index contributed by atoms with van der Waals surface area (Å²) in [4.78, 5) is 11.9. The molecule has 0 unspecified atom stereocenters. The van der Waals surface area contributed by atoms with E-state index >= 15 is 0 Å². The number of hydrogen-bond donors (Lipinski definition) is 1. The van der Waals surface area contributed by atoms with Crippen LogP contribution >= 0.6 is 11.6 Å². The van der Waals surface area contributed by atoms with E-state index < -0.39 is 17.5 Å². The quantitative estimate of drug-likeness (QED) is 0.917. The van der Waals surface area contributed by atoms with E-state index in [1.54, 1.807) is 12.1 Å². The molecule has 7 heteroatoms. The molecule has 24 heavy (non-hydrogen) atoms. The molecule has 126 valence electrons. The SMILES string of the molecule is O=C(NCCc1cc(Cl)c2c(c1)OCCO2)c1ccc(F)cc1F. The Hall–Kier alpha value is -2.34. The molecule has 1 heterocycles. The van der Waals surface area contributed by atoms with Crippen LogP contribution in [0.15, 0.2) is 30.3 Å². The highest BCUT2D eigenvalue weighted by Gasteiger charge is 2.17. The minimum atomic E-state index is -0.894. The minimum Gasteiger partial charge on any atom is -0.486 e. The zero-order chi connectivity index (χ0) is 17.1. The summed E-state index contributed by atoms with van der Waals surface area (Å²) in [7, 11) is 0. The standard InChI is InChI=1S/C17H14ClF2NO3/c18-13-7-10(8-15-16(13)24-6-5-23-15)3-4-21-17(22)12-2-1-11(19)9-14(12)20/h1-2,7-9H,3-6H2,(H,21,22). The highest BCUT2D eigenvalue weighted by Crippen LogP contribution is 2.38. The lowest BCUT2D eigenvalue weighted by Crippen LogP contribution is -2.26. The van der Waals surface area contributed by atoms with Gasteiger partial charge in [-0.05, 0) is 36.2 Å². The molecule has 0 fully saturated rings. The Balaban J connectivity index is 1.62. The predicted molar refractivity (Wildman–Crippen MR) is 84.8 cm³/mol. The molecule has 2 aromatic carbocycles. The summed E-state index contributed by atoms with van der Waals surface area (Å²) in [6, 6.07) is 6.36. The lowest BCUT2D eigenvalue weighted by atomic mass is 10.1. The molecule has 0 aliphatic carbocycles. The number of rotatable bonds is 4. The van der Waals surface area contributed by atoms with Gasteiger partial charge in [-0.3, -0.25) is 4.79 Å². The molecule has 0 aromatic heterocycles. The number of benzene rings is 2. The Bertz CT molecular complexity index is 783. The predicted octanol–water partition coefficient (Wildman–Crippen LogP) is 3.36. The van der Waals surface area contributed by atoms with Gasteiger partial charge in [0.05, 0.1) is 10.6 Å². The average molecular weight is 354 g/mol. The summed E-state index contributed by atoms with van der Waals surface area (Å²) in [5, 5.41) is 3.03. The highest BCUT2D eigenvalue weighted by atomic mass is 35.5. The zero-order valence-corrected chi connectivity index (χ0v) is 13.3. The number of halogens is 3. The average Bonchev–Trinajstić information content (AvgIpc) is 2.55. The fraction of sp³-hybridized carbons (Fsp3) is 0.235. The minimum absolute atomic E-state index is 0.198. The number of carbonyl (C=O) groups is 1. The lowest BCUT2D eigenvalue weighted by molar-refractivity contribution is 0.0950. The topological polar surface area (TPSA) is 47.6 Å². The molecule has 0 spiro atoms. The molecular weight excluding hydrogens is 340 g/mol. The maximum atomic E-state index is 13.5. The maximum absolute atomic E-state index is 13.5. The number of fused-ring (bicyclic) bond motifs is 1.